The summed E-state index contributed by atoms with van der Waals surface area (Å²) in [5.41, 5.74) is 5.33. The van der Waals surface area contributed by atoms with E-state index in [0.717, 1.165) is 44.9 Å². The molecule has 0 saturated heterocycles. The average molecular weight is 790 g/mol. The number of ether oxygens (including phenoxy) is 2. The second-order valence-electron chi connectivity index (χ2n) is 14.8. The molecular weight excluding hydrogens is 709 g/mol. The zero-order valence-corrected chi connectivity index (χ0v) is 35.2. The van der Waals surface area contributed by atoms with E-state index in [-0.39, 0.29) is 19.4 Å². The fourth-order valence-corrected chi connectivity index (χ4v) is 6.84. The molecule has 0 aliphatic rings. The lowest BCUT2D eigenvalue weighted by molar-refractivity contribution is -0.161. The molecule has 12 heteroatoms. The molecule has 0 aromatic rings. The molecule has 0 heterocycles. The Kier molecular flexibility index (Phi) is 36.9. The first kappa shape index (κ1) is 52.2. The fourth-order valence-electron chi connectivity index (χ4n) is 6.06. The molecule has 0 aliphatic carbocycles. The molecule has 0 bridgehead atoms. The first-order valence-corrected chi connectivity index (χ1v) is 23.2. The van der Waals surface area contributed by atoms with E-state index in [1.807, 2.05) is 0 Å². The average Bonchev–Trinajstić information content (AvgIpc) is 3.14. The Balaban J connectivity index is 4.34. The van der Waals surface area contributed by atoms with Crippen molar-refractivity contribution in [3.05, 3.63) is 12.2 Å². The van der Waals surface area contributed by atoms with Gasteiger partial charge in [0.2, 0.25) is 0 Å². The summed E-state index contributed by atoms with van der Waals surface area (Å²) >= 11 is 0. The quantitative estimate of drug-likeness (QED) is 0.0233. The fraction of sp³-hybridized carbons (Fsp3) is 0.881. The Morgan fingerprint density at radius 2 is 0.926 bits per heavy atom. The number of hydrogen-bond donors (Lipinski definition) is 3. The van der Waals surface area contributed by atoms with Crippen LogP contribution in [0.3, 0.4) is 0 Å². The van der Waals surface area contributed by atoms with Crippen molar-refractivity contribution in [2.75, 3.05) is 19.8 Å². The smallest absolute Gasteiger partial charge is 0.472 e. The van der Waals surface area contributed by atoms with E-state index in [9.17, 15) is 23.8 Å². The number of phosphoric acid groups is 1. The number of aliphatic carboxylic acids is 1. The number of esters is 2. The summed E-state index contributed by atoms with van der Waals surface area (Å²) in [6.07, 6.45) is 37.0. The zero-order chi connectivity index (χ0) is 40.0. The van der Waals surface area contributed by atoms with E-state index in [4.69, 9.17) is 24.8 Å². The highest BCUT2D eigenvalue weighted by atomic mass is 31.2. The number of rotatable bonds is 41. The molecule has 0 rings (SSSR count). The highest BCUT2D eigenvalue weighted by Gasteiger charge is 2.28. The van der Waals surface area contributed by atoms with Gasteiger partial charge in [0.05, 0.1) is 13.2 Å². The summed E-state index contributed by atoms with van der Waals surface area (Å²) in [5, 5.41) is 8.88. The number of carbonyl (C=O) groups is 3. The number of hydrogen-bond acceptors (Lipinski definition) is 9. The van der Waals surface area contributed by atoms with Crippen LogP contribution in [0.25, 0.3) is 0 Å². The maximum Gasteiger partial charge on any atom is 0.472 e. The third kappa shape index (κ3) is 37.2. The van der Waals surface area contributed by atoms with Gasteiger partial charge in [0.1, 0.15) is 12.6 Å². The van der Waals surface area contributed by atoms with Crippen molar-refractivity contribution < 1.29 is 47.5 Å². The van der Waals surface area contributed by atoms with Crippen molar-refractivity contribution >= 4 is 25.7 Å². The molecule has 4 N–H and O–H groups in total. The lowest BCUT2D eigenvalue weighted by Gasteiger charge is -2.20. The topological polar surface area (TPSA) is 172 Å². The van der Waals surface area contributed by atoms with E-state index in [0.29, 0.717) is 12.8 Å². The minimum absolute atomic E-state index is 0.160. The SMILES string of the molecule is CCCCCCCC/C=C\CCCCCCCCCC(=O)O[C@H](COC(=O)CCCCCCCCCCCCCCC)COP(=O)(O)OC[C@H](N)C(=O)O. The maximum atomic E-state index is 12.6. The van der Waals surface area contributed by atoms with Crippen LogP contribution in [0.5, 0.6) is 0 Å². The van der Waals surface area contributed by atoms with E-state index in [1.54, 1.807) is 0 Å². The van der Waals surface area contributed by atoms with Gasteiger partial charge in [-0.25, -0.2) is 4.57 Å². The summed E-state index contributed by atoms with van der Waals surface area (Å²) in [5.74, 6) is -2.37. The van der Waals surface area contributed by atoms with Crippen LogP contribution in [0.15, 0.2) is 12.2 Å². The van der Waals surface area contributed by atoms with Gasteiger partial charge in [-0.3, -0.25) is 23.4 Å². The molecule has 0 spiro atoms. The van der Waals surface area contributed by atoms with E-state index < -0.39 is 51.1 Å². The van der Waals surface area contributed by atoms with E-state index in [1.165, 1.54) is 122 Å². The van der Waals surface area contributed by atoms with Crippen LogP contribution in [-0.2, 0) is 37.5 Å². The molecule has 0 aliphatic heterocycles. The second kappa shape index (κ2) is 38.1. The largest absolute Gasteiger partial charge is 0.480 e. The van der Waals surface area contributed by atoms with Gasteiger partial charge in [-0.05, 0) is 38.5 Å². The molecule has 0 saturated carbocycles. The van der Waals surface area contributed by atoms with Crippen molar-refractivity contribution in [3.63, 3.8) is 0 Å². The molecule has 0 fully saturated rings. The molecular formula is C42H80NO10P. The summed E-state index contributed by atoms with van der Waals surface area (Å²) in [7, 11) is -4.71. The normalized spacial score (nSPS) is 13.9. The molecule has 0 aromatic carbocycles. The van der Waals surface area contributed by atoms with Crippen LogP contribution in [0.2, 0.25) is 0 Å². The van der Waals surface area contributed by atoms with Crippen LogP contribution in [0, 0.1) is 0 Å². The second-order valence-corrected chi connectivity index (χ2v) is 16.3. The number of carbonyl (C=O) groups excluding carboxylic acids is 2. The summed E-state index contributed by atoms with van der Waals surface area (Å²) in [6.45, 7) is 2.81. The Morgan fingerprint density at radius 3 is 1.35 bits per heavy atom. The van der Waals surface area contributed by atoms with Crippen LogP contribution in [0.1, 0.15) is 206 Å². The van der Waals surface area contributed by atoms with Crippen molar-refractivity contribution in [2.24, 2.45) is 5.73 Å². The number of unbranched alkanes of at least 4 members (excludes halogenated alkanes) is 25. The lowest BCUT2D eigenvalue weighted by Crippen LogP contribution is -2.34. The number of nitrogens with two attached hydrogens (primary N) is 1. The minimum atomic E-state index is -4.71. The van der Waals surface area contributed by atoms with Gasteiger partial charge in [0, 0.05) is 12.8 Å². The van der Waals surface area contributed by atoms with Gasteiger partial charge in [-0.15, -0.1) is 0 Å². The van der Waals surface area contributed by atoms with Crippen molar-refractivity contribution in [2.45, 2.75) is 219 Å². The van der Waals surface area contributed by atoms with Gasteiger partial charge < -0.3 is 25.2 Å². The monoisotopic (exact) mass is 790 g/mol. The van der Waals surface area contributed by atoms with Gasteiger partial charge in [0.25, 0.3) is 0 Å². The molecule has 0 aromatic heterocycles. The molecule has 3 atom stereocenters. The number of allylic oxidation sites excluding steroid dienone is 2. The maximum absolute atomic E-state index is 12.6. The zero-order valence-electron chi connectivity index (χ0n) is 34.3. The van der Waals surface area contributed by atoms with Crippen molar-refractivity contribution in [3.8, 4) is 0 Å². The third-order valence-electron chi connectivity index (χ3n) is 9.51. The van der Waals surface area contributed by atoms with E-state index in [2.05, 4.69) is 30.5 Å². The molecule has 0 radical (unpaired) electrons. The van der Waals surface area contributed by atoms with Gasteiger partial charge in [-0.2, -0.15) is 0 Å². The summed E-state index contributed by atoms with van der Waals surface area (Å²) in [6, 6.07) is -1.52. The van der Waals surface area contributed by atoms with Gasteiger partial charge in [0.15, 0.2) is 6.10 Å². The highest BCUT2D eigenvalue weighted by molar-refractivity contribution is 7.47. The van der Waals surface area contributed by atoms with Crippen LogP contribution in [0.4, 0.5) is 0 Å². The highest BCUT2D eigenvalue weighted by Crippen LogP contribution is 2.43. The molecule has 54 heavy (non-hydrogen) atoms. The molecule has 0 amide bonds. The predicted molar refractivity (Wildman–Crippen MR) is 217 cm³/mol. The van der Waals surface area contributed by atoms with Gasteiger partial charge >= 0.3 is 25.7 Å². The minimum Gasteiger partial charge on any atom is -0.480 e. The molecule has 318 valence electrons. The predicted octanol–water partition coefficient (Wildman–Crippen LogP) is 11.3. The first-order chi connectivity index (χ1) is 26.1. The van der Waals surface area contributed by atoms with Crippen molar-refractivity contribution in [1.29, 1.82) is 0 Å². The number of phosphoric ester groups is 1. The molecule has 11 nitrogen and oxygen atoms in total. The van der Waals surface area contributed by atoms with Gasteiger partial charge in [-0.1, -0.05) is 167 Å². The van der Waals surface area contributed by atoms with E-state index >= 15 is 0 Å². The van der Waals surface area contributed by atoms with Crippen LogP contribution < -0.4 is 5.73 Å². The van der Waals surface area contributed by atoms with Crippen molar-refractivity contribution in [1.82, 2.24) is 0 Å². The third-order valence-corrected chi connectivity index (χ3v) is 10.5. The Bertz CT molecular complexity index is 979. The number of carboxylic acids is 1. The Morgan fingerprint density at radius 1 is 0.556 bits per heavy atom. The molecule has 1 unspecified atom stereocenters. The Hall–Kier alpha value is -1.78. The lowest BCUT2D eigenvalue weighted by atomic mass is 10.0. The summed E-state index contributed by atoms with van der Waals surface area (Å²) in [4.78, 5) is 45.9. The Labute approximate surface area is 328 Å². The first-order valence-electron chi connectivity index (χ1n) is 21.7. The summed E-state index contributed by atoms with van der Waals surface area (Å²) < 4.78 is 32.7. The standard InChI is InChI=1S/C42H80NO10P/c1-3-5-7-9-11-13-15-17-18-19-20-22-24-26-28-30-32-34-41(45)53-38(36-51-54(48,49)52-37-39(43)42(46)47)35-50-40(44)33-31-29-27-25-23-21-16-14-12-10-8-6-4-2/h17-18,38-39H,3-16,19-37,43H2,1-2H3,(H,46,47)(H,48,49)/b18-17-/t38-,39+/m1/s1. The van der Waals surface area contributed by atoms with Crippen LogP contribution >= 0.6 is 7.82 Å². The van der Waals surface area contributed by atoms with Crippen LogP contribution in [-0.4, -0.2) is 59.9 Å². The number of carboxylic acid groups (broad SMARTS) is 1.